The SMILES string of the molecule is CN[C@@H](O)[C@@H](C)C(C)(C)C. The molecule has 0 rings (SSSR count). The van der Waals surface area contributed by atoms with Crippen LogP contribution in [0.15, 0.2) is 0 Å². The Bertz CT molecular complexity index is 95.9. The third-order valence-corrected chi connectivity index (χ3v) is 2.14. The van der Waals surface area contributed by atoms with E-state index in [-0.39, 0.29) is 17.6 Å². The number of nitrogens with one attached hydrogen (secondary N) is 1. The van der Waals surface area contributed by atoms with Crippen LogP contribution in [0.2, 0.25) is 0 Å². The van der Waals surface area contributed by atoms with Crippen LogP contribution >= 0.6 is 0 Å². The molecule has 0 aromatic carbocycles. The van der Waals surface area contributed by atoms with Crippen LogP contribution in [0.1, 0.15) is 27.7 Å². The van der Waals surface area contributed by atoms with E-state index in [4.69, 9.17) is 0 Å². The van der Waals surface area contributed by atoms with Crippen LogP contribution in [0.5, 0.6) is 0 Å². The van der Waals surface area contributed by atoms with E-state index < -0.39 is 0 Å². The third-order valence-electron chi connectivity index (χ3n) is 2.14. The molecular weight excluding hydrogens is 126 g/mol. The van der Waals surface area contributed by atoms with E-state index >= 15 is 0 Å². The molecule has 0 aliphatic heterocycles. The van der Waals surface area contributed by atoms with Crippen LogP contribution < -0.4 is 5.32 Å². The summed E-state index contributed by atoms with van der Waals surface area (Å²) < 4.78 is 0. The summed E-state index contributed by atoms with van der Waals surface area (Å²) in [4.78, 5) is 0. The van der Waals surface area contributed by atoms with Gasteiger partial charge in [-0.05, 0) is 12.5 Å². The fourth-order valence-corrected chi connectivity index (χ4v) is 0.724. The highest BCUT2D eigenvalue weighted by atomic mass is 16.3. The zero-order chi connectivity index (χ0) is 8.36. The predicted molar refractivity (Wildman–Crippen MR) is 43.7 cm³/mol. The van der Waals surface area contributed by atoms with Crippen LogP contribution in [-0.2, 0) is 0 Å². The molecule has 10 heavy (non-hydrogen) atoms. The fourth-order valence-electron chi connectivity index (χ4n) is 0.724. The molecule has 2 nitrogen and oxygen atoms in total. The predicted octanol–water partition coefficient (Wildman–Crippen LogP) is 1.21. The highest BCUT2D eigenvalue weighted by Gasteiger charge is 2.25. The zero-order valence-corrected chi connectivity index (χ0v) is 7.60. The van der Waals surface area contributed by atoms with E-state index in [9.17, 15) is 5.11 Å². The molecule has 0 unspecified atom stereocenters. The molecule has 0 saturated carbocycles. The Balaban J connectivity index is 3.94. The van der Waals surface area contributed by atoms with Crippen LogP contribution in [-0.4, -0.2) is 18.4 Å². The lowest BCUT2D eigenvalue weighted by molar-refractivity contribution is 0.0344. The molecule has 2 atom stereocenters. The van der Waals surface area contributed by atoms with Crippen LogP contribution in [0.25, 0.3) is 0 Å². The first-order valence-electron chi connectivity index (χ1n) is 3.75. The summed E-state index contributed by atoms with van der Waals surface area (Å²) in [6, 6.07) is 0. The van der Waals surface area contributed by atoms with Gasteiger partial charge in [-0.2, -0.15) is 0 Å². The van der Waals surface area contributed by atoms with E-state index in [1.165, 1.54) is 0 Å². The van der Waals surface area contributed by atoms with Crippen molar-refractivity contribution in [3.63, 3.8) is 0 Å². The molecule has 0 heterocycles. The van der Waals surface area contributed by atoms with E-state index in [2.05, 4.69) is 26.1 Å². The summed E-state index contributed by atoms with van der Waals surface area (Å²) in [6.45, 7) is 8.41. The van der Waals surface area contributed by atoms with Gasteiger partial charge >= 0.3 is 0 Å². The summed E-state index contributed by atoms with van der Waals surface area (Å²) in [6.07, 6.45) is -0.389. The monoisotopic (exact) mass is 145 g/mol. The van der Waals surface area contributed by atoms with Gasteiger partial charge in [-0.15, -0.1) is 0 Å². The molecule has 0 spiro atoms. The summed E-state index contributed by atoms with van der Waals surface area (Å²) >= 11 is 0. The summed E-state index contributed by atoms with van der Waals surface area (Å²) in [5.41, 5.74) is 0.169. The van der Waals surface area contributed by atoms with E-state index in [1.807, 2.05) is 6.92 Å². The van der Waals surface area contributed by atoms with Crippen molar-refractivity contribution >= 4 is 0 Å². The van der Waals surface area contributed by atoms with E-state index in [1.54, 1.807) is 7.05 Å². The Morgan fingerprint density at radius 2 is 1.70 bits per heavy atom. The number of hydrogen-bond donors (Lipinski definition) is 2. The van der Waals surface area contributed by atoms with Gasteiger partial charge < -0.3 is 5.11 Å². The summed E-state index contributed by atoms with van der Waals surface area (Å²) in [7, 11) is 1.77. The fraction of sp³-hybridized carbons (Fsp3) is 1.00. The quantitative estimate of drug-likeness (QED) is 0.572. The molecule has 0 bridgehead atoms. The molecule has 0 saturated heterocycles. The first-order valence-corrected chi connectivity index (χ1v) is 3.75. The third kappa shape index (κ3) is 2.67. The average molecular weight is 145 g/mol. The number of aliphatic hydroxyl groups is 1. The van der Waals surface area contributed by atoms with Crippen molar-refractivity contribution in [1.82, 2.24) is 5.32 Å². The van der Waals surface area contributed by atoms with Gasteiger partial charge in [0.05, 0.1) is 0 Å². The van der Waals surface area contributed by atoms with Crippen molar-refractivity contribution in [2.24, 2.45) is 11.3 Å². The first kappa shape index (κ1) is 9.92. The molecule has 0 amide bonds. The highest BCUT2D eigenvalue weighted by Crippen LogP contribution is 2.26. The standard InChI is InChI=1S/C8H19NO/c1-6(7(10)9-5)8(2,3)4/h6-7,9-10H,1-5H3/t6-,7+/m1/s1. The first-order chi connectivity index (χ1) is 4.39. The van der Waals surface area contributed by atoms with Gasteiger partial charge in [0.1, 0.15) is 6.23 Å². The normalized spacial score (nSPS) is 18.6. The topological polar surface area (TPSA) is 32.3 Å². The second kappa shape index (κ2) is 3.35. The molecule has 2 N–H and O–H groups in total. The van der Waals surface area contributed by atoms with Gasteiger partial charge in [0.2, 0.25) is 0 Å². The van der Waals surface area contributed by atoms with Crippen molar-refractivity contribution in [2.45, 2.75) is 33.9 Å². The smallest absolute Gasteiger partial charge is 0.107 e. The number of rotatable bonds is 2. The minimum atomic E-state index is -0.389. The molecule has 62 valence electrons. The second-order valence-electron chi connectivity index (χ2n) is 3.89. The minimum Gasteiger partial charge on any atom is -0.378 e. The molecule has 0 aromatic heterocycles. The molecule has 0 fully saturated rings. The summed E-state index contributed by atoms with van der Waals surface area (Å²) in [5, 5.41) is 12.2. The van der Waals surface area contributed by atoms with E-state index in [0.29, 0.717) is 0 Å². The van der Waals surface area contributed by atoms with Crippen LogP contribution in [0, 0.1) is 11.3 Å². The molecule has 0 aliphatic rings. The number of hydrogen-bond acceptors (Lipinski definition) is 2. The van der Waals surface area contributed by atoms with Crippen LogP contribution in [0.3, 0.4) is 0 Å². The molecular formula is C8H19NO. The van der Waals surface area contributed by atoms with Gasteiger partial charge in [-0.3, -0.25) is 5.32 Å². The highest BCUT2D eigenvalue weighted by molar-refractivity contribution is 4.73. The zero-order valence-electron chi connectivity index (χ0n) is 7.60. The van der Waals surface area contributed by atoms with Crippen molar-refractivity contribution in [3.05, 3.63) is 0 Å². The maximum Gasteiger partial charge on any atom is 0.107 e. The molecule has 0 aliphatic carbocycles. The Kier molecular flexibility index (Phi) is 3.33. The molecule has 2 heteroatoms. The van der Waals surface area contributed by atoms with Crippen molar-refractivity contribution in [3.8, 4) is 0 Å². The maximum atomic E-state index is 9.35. The summed E-state index contributed by atoms with van der Waals surface area (Å²) in [5.74, 6) is 0.275. The average Bonchev–Trinajstić information content (AvgIpc) is 1.83. The second-order valence-corrected chi connectivity index (χ2v) is 3.89. The van der Waals surface area contributed by atoms with Gasteiger partial charge in [-0.1, -0.05) is 27.7 Å². The lowest BCUT2D eigenvalue weighted by Crippen LogP contribution is -2.38. The van der Waals surface area contributed by atoms with Gasteiger partial charge in [0, 0.05) is 5.92 Å². The van der Waals surface area contributed by atoms with Gasteiger partial charge in [0.25, 0.3) is 0 Å². The van der Waals surface area contributed by atoms with Crippen molar-refractivity contribution in [1.29, 1.82) is 0 Å². The van der Waals surface area contributed by atoms with Crippen molar-refractivity contribution < 1.29 is 5.11 Å². The molecule has 0 aromatic rings. The Labute approximate surface area is 63.6 Å². The van der Waals surface area contributed by atoms with E-state index in [0.717, 1.165) is 0 Å². The lowest BCUT2D eigenvalue weighted by Gasteiger charge is -2.30. The number of aliphatic hydroxyl groups excluding tert-OH is 1. The lowest BCUT2D eigenvalue weighted by atomic mass is 9.81. The minimum absolute atomic E-state index is 0.169. The molecule has 0 radical (unpaired) electrons. The Hall–Kier alpha value is -0.0800. The van der Waals surface area contributed by atoms with Gasteiger partial charge in [0.15, 0.2) is 0 Å². The maximum absolute atomic E-state index is 9.35. The van der Waals surface area contributed by atoms with Crippen LogP contribution in [0.4, 0.5) is 0 Å². The van der Waals surface area contributed by atoms with Crippen molar-refractivity contribution in [2.75, 3.05) is 7.05 Å². The Morgan fingerprint density at radius 3 is 1.80 bits per heavy atom. The Morgan fingerprint density at radius 1 is 1.30 bits per heavy atom. The largest absolute Gasteiger partial charge is 0.378 e. The van der Waals surface area contributed by atoms with Gasteiger partial charge in [-0.25, -0.2) is 0 Å².